The van der Waals surface area contributed by atoms with Crippen LogP contribution in [0.1, 0.15) is 85.4 Å². The molecule has 1 N–H and O–H groups in total. The van der Waals surface area contributed by atoms with E-state index in [1.54, 1.807) is 4.90 Å². The number of carboxylic acids is 1. The van der Waals surface area contributed by atoms with E-state index in [1.165, 1.54) is 0 Å². The van der Waals surface area contributed by atoms with Crippen LogP contribution in [0.15, 0.2) is 48.7 Å². The Morgan fingerprint density at radius 3 is 2.26 bits per heavy atom. The number of hydrogen-bond acceptors (Lipinski definition) is 3. The minimum absolute atomic E-state index is 0.0143. The van der Waals surface area contributed by atoms with Crippen molar-refractivity contribution in [1.29, 1.82) is 0 Å². The van der Waals surface area contributed by atoms with Crippen molar-refractivity contribution in [2.75, 3.05) is 11.4 Å². The van der Waals surface area contributed by atoms with Crippen molar-refractivity contribution in [3.05, 3.63) is 71.0 Å². The Kier molecular flexibility index (Phi) is 7.29. The second-order valence-corrected chi connectivity index (χ2v) is 10.1. The Bertz CT molecular complexity index is 1220. The first-order valence-electron chi connectivity index (χ1n) is 11.7. The van der Waals surface area contributed by atoms with Gasteiger partial charge in [0, 0.05) is 35.8 Å². The third kappa shape index (κ3) is 5.06. The predicted molar refractivity (Wildman–Crippen MR) is 135 cm³/mol. The van der Waals surface area contributed by atoms with Crippen molar-refractivity contribution in [1.82, 2.24) is 4.40 Å². The molecule has 0 aliphatic rings. The smallest absolute Gasteiger partial charge is 0.303 e. The third-order valence-electron chi connectivity index (χ3n) is 6.07. The number of carbonyl (C=O) groups is 3. The Balaban J connectivity index is 2.21. The number of amides is 1. The monoisotopic (exact) mass is 462 g/mol. The number of Topliss-reactive ketones (excluding diaryl/α,β-unsaturated/α-hetero) is 1. The minimum atomic E-state index is -0.899. The fourth-order valence-electron chi connectivity index (χ4n) is 4.15. The number of nitrogens with zero attached hydrogens (tertiary/aromatic N) is 2. The summed E-state index contributed by atoms with van der Waals surface area (Å²) in [6.07, 6.45) is 2.16. The lowest BCUT2D eigenvalue weighted by Gasteiger charge is -2.23. The van der Waals surface area contributed by atoms with Crippen molar-refractivity contribution in [3.63, 3.8) is 0 Å². The van der Waals surface area contributed by atoms with Gasteiger partial charge in [-0.15, -0.1) is 0 Å². The van der Waals surface area contributed by atoms with Crippen LogP contribution in [-0.2, 0) is 4.79 Å². The van der Waals surface area contributed by atoms with Gasteiger partial charge in [-0.3, -0.25) is 14.4 Å². The van der Waals surface area contributed by atoms with Crippen LogP contribution in [0.25, 0.3) is 5.52 Å². The van der Waals surface area contributed by atoms with Crippen LogP contribution < -0.4 is 4.90 Å². The van der Waals surface area contributed by atoms with Gasteiger partial charge in [-0.25, -0.2) is 0 Å². The van der Waals surface area contributed by atoms with Crippen LogP contribution in [0.2, 0.25) is 0 Å². The van der Waals surface area contributed by atoms with Crippen molar-refractivity contribution in [3.8, 4) is 0 Å². The molecule has 6 heteroatoms. The third-order valence-corrected chi connectivity index (χ3v) is 6.07. The van der Waals surface area contributed by atoms with E-state index < -0.39 is 11.4 Å². The SMILES string of the molecule is Cc1c(C(=O)C(C)(C)C)c2cc(C(C)C)ccn2c1C(=O)N(CCCC(=O)O)c1ccccc1. The average molecular weight is 463 g/mol. The fraction of sp³-hybridized carbons (Fsp3) is 0.393. The summed E-state index contributed by atoms with van der Waals surface area (Å²) >= 11 is 0. The molecular formula is C28H34N2O4. The molecule has 34 heavy (non-hydrogen) atoms. The summed E-state index contributed by atoms with van der Waals surface area (Å²) in [5, 5.41) is 9.10. The van der Waals surface area contributed by atoms with Gasteiger partial charge in [-0.05, 0) is 54.7 Å². The largest absolute Gasteiger partial charge is 0.481 e. The van der Waals surface area contributed by atoms with Crippen molar-refractivity contribution in [2.24, 2.45) is 5.41 Å². The normalized spacial score (nSPS) is 11.7. The van der Waals surface area contributed by atoms with Gasteiger partial charge in [0.05, 0.1) is 5.52 Å². The second kappa shape index (κ2) is 9.84. The number of benzene rings is 1. The first-order chi connectivity index (χ1) is 15.9. The molecule has 1 amide bonds. The van der Waals surface area contributed by atoms with E-state index in [1.807, 2.05) is 80.8 Å². The molecule has 0 radical (unpaired) electrons. The molecule has 0 saturated carbocycles. The highest BCUT2D eigenvalue weighted by molar-refractivity contribution is 6.13. The van der Waals surface area contributed by atoms with Crippen LogP contribution in [0, 0.1) is 12.3 Å². The van der Waals surface area contributed by atoms with Crippen LogP contribution in [0.5, 0.6) is 0 Å². The molecule has 0 bridgehead atoms. The molecule has 0 fully saturated rings. The predicted octanol–water partition coefficient (Wildman–Crippen LogP) is 6.11. The highest BCUT2D eigenvalue weighted by Crippen LogP contribution is 2.33. The Hall–Kier alpha value is -3.41. The number of hydrogen-bond donors (Lipinski definition) is 1. The summed E-state index contributed by atoms with van der Waals surface area (Å²) in [5.74, 6) is -0.897. The quantitative estimate of drug-likeness (QED) is 0.410. The molecule has 2 heterocycles. The molecular weight excluding hydrogens is 428 g/mol. The lowest BCUT2D eigenvalue weighted by molar-refractivity contribution is -0.137. The van der Waals surface area contributed by atoms with Crippen LogP contribution in [0.4, 0.5) is 5.69 Å². The Labute approximate surface area is 201 Å². The van der Waals surface area contributed by atoms with Gasteiger partial charge in [0.25, 0.3) is 5.91 Å². The summed E-state index contributed by atoms with van der Waals surface area (Å²) in [7, 11) is 0. The number of pyridine rings is 1. The van der Waals surface area contributed by atoms with Crippen LogP contribution >= 0.6 is 0 Å². The van der Waals surface area contributed by atoms with Crippen molar-refractivity contribution < 1.29 is 19.5 Å². The molecule has 2 aromatic heterocycles. The van der Waals surface area contributed by atoms with E-state index in [-0.39, 0.29) is 30.6 Å². The maximum absolute atomic E-state index is 14.0. The average Bonchev–Trinajstić information content (AvgIpc) is 3.06. The zero-order valence-corrected chi connectivity index (χ0v) is 20.9. The zero-order valence-electron chi connectivity index (χ0n) is 20.9. The summed E-state index contributed by atoms with van der Waals surface area (Å²) in [6.45, 7) is 11.9. The van der Waals surface area contributed by atoms with Crippen molar-refractivity contribution in [2.45, 2.75) is 60.3 Å². The standard InChI is InChI=1S/C28H34N2O4/c1-18(2)20-14-16-30-22(17-20)24(26(33)28(4,5)6)19(3)25(30)27(34)29(15-10-13-23(31)32)21-11-8-7-9-12-21/h7-9,11-12,14,16-18H,10,13,15H2,1-6H3,(H,31,32). The minimum Gasteiger partial charge on any atom is -0.481 e. The number of ketones is 1. The van der Waals surface area contributed by atoms with E-state index in [0.29, 0.717) is 28.9 Å². The number of carboxylic acid groups (broad SMARTS) is 1. The molecule has 0 unspecified atom stereocenters. The van der Waals surface area contributed by atoms with E-state index in [2.05, 4.69) is 13.8 Å². The Morgan fingerprint density at radius 1 is 1.06 bits per heavy atom. The molecule has 3 rings (SSSR count). The molecule has 0 aliphatic heterocycles. The van der Waals surface area contributed by atoms with Crippen LogP contribution in [0.3, 0.4) is 0 Å². The molecule has 3 aromatic rings. The molecule has 0 spiro atoms. The molecule has 6 nitrogen and oxygen atoms in total. The number of fused-ring (bicyclic) bond motifs is 1. The fourth-order valence-corrected chi connectivity index (χ4v) is 4.15. The number of carbonyl (C=O) groups excluding carboxylic acids is 2. The number of aliphatic carboxylic acids is 1. The van der Waals surface area contributed by atoms with Gasteiger partial charge < -0.3 is 14.4 Å². The summed E-state index contributed by atoms with van der Waals surface area (Å²) < 4.78 is 1.82. The maximum Gasteiger partial charge on any atom is 0.303 e. The zero-order chi connectivity index (χ0) is 25.2. The second-order valence-electron chi connectivity index (χ2n) is 10.1. The number of rotatable bonds is 8. The van der Waals surface area contributed by atoms with E-state index >= 15 is 0 Å². The highest BCUT2D eigenvalue weighted by Gasteiger charge is 2.32. The van der Waals surface area contributed by atoms with Gasteiger partial charge in [0.15, 0.2) is 5.78 Å². The first kappa shape index (κ1) is 25.2. The molecule has 0 saturated heterocycles. The van der Waals surface area contributed by atoms with Gasteiger partial charge in [-0.2, -0.15) is 0 Å². The first-order valence-corrected chi connectivity index (χ1v) is 11.7. The summed E-state index contributed by atoms with van der Waals surface area (Å²) in [4.78, 5) is 40.2. The molecule has 180 valence electrons. The molecule has 0 atom stereocenters. The van der Waals surface area contributed by atoms with Crippen LogP contribution in [-0.4, -0.2) is 33.7 Å². The van der Waals surface area contributed by atoms with E-state index in [4.69, 9.17) is 5.11 Å². The van der Waals surface area contributed by atoms with Crippen molar-refractivity contribution >= 4 is 28.9 Å². The number of anilines is 1. The van der Waals surface area contributed by atoms with E-state index in [9.17, 15) is 14.4 Å². The van der Waals surface area contributed by atoms with E-state index in [0.717, 1.165) is 11.1 Å². The van der Waals surface area contributed by atoms with Gasteiger partial charge in [-0.1, -0.05) is 52.8 Å². The lowest BCUT2D eigenvalue weighted by Crippen LogP contribution is -2.33. The van der Waals surface area contributed by atoms with Gasteiger partial charge in [0.1, 0.15) is 5.69 Å². The Morgan fingerprint density at radius 2 is 1.71 bits per heavy atom. The summed E-state index contributed by atoms with van der Waals surface area (Å²) in [5.41, 5.74) is 3.54. The molecule has 1 aromatic carbocycles. The maximum atomic E-state index is 14.0. The number of aromatic nitrogens is 1. The highest BCUT2D eigenvalue weighted by atomic mass is 16.4. The summed E-state index contributed by atoms with van der Waals surface area (Å²) in [6, 6.07) is 13.2. The lowest BCUT2D eigenvalue weighted by atomic mass is 9.85. The molecule has 0 aliphatic carbocycles. The van der Waals surface area contributed by atoms with Gasteiger partial charge in [0.2, 0.25) is 0 Å². The topological polar surface area (TPSA) is 79.1 Å². The van der Waals surface area contributed by atoms with Gasteiger partial charge >= 0.3 is 5.97 Å². The number of para-hydroxylation sites is 1.